The third-order valence-corrected chi connectivity index (χ3v) is 2.55. The highest BCUT2D eigenvalue weighted by atomic mass is 16.6. The second kappa shape index (κ2) is 10.4. The first-order valence-corrected chi connectivity index (χ1v) is 6.74. The summed E-state index contributed by atoms with van der Waals surface area (Å²) in [4.78, 5) is 23.8. The molecule has 0 aromatic rings. The topological polar surface area (TPSA) is 52.6 Å². The lowest BCUT2D eigenvalue weighted by Crippen LogP contribution is -2.33. The van der Waals surface area contributed by atoms with E-state index in [9.17, 15) is 9.59 Å². The Bertz CT molecular complexity index is 302. The molecule has 4 nitrogen and oxygen atoms in total. The number of esters is 2. The minimum absolute atomic E-state index is 0.233. The van der Waals surface area contributed by atoms with Gasteiger partial charge in [-0.1, -0.05) is 31.6 Å². The van der Waals surface area contributed by atoms with Gasteiger partial charge in [-0.15, -0.1) is 6.58 Å². The summed E-state index contributed by atoms with van der Waals surface area (Å²) < 4.78 is 9.88. The zero-order valence-electron chi connectivity index (χ0n) is 12.1. The van der Waals surface area contributed by atoms with Gasteiger partial charge in [0, 0.05) is 5.92 Å². The van der Waals surface area contributed by atoms with E-state index in [1.165, 1.54) is 0 Å². The summed E-state index contributed by atoms with van der Waals surface area (Å²) in [5.41, 5.74) is 0. The molecule has 0 spiro atoms. The molecule has 0 bridgehead atoms. The monoisotopic (exact) mass is 268 g/mol. The van der Waals surface area contributed by atoms with Crippen LogP contribution in [0.2, 0.25) is 0 Å². The first kappa shape index (κ1) is 17.4. The van der Waals surface area contributed by atoms with Gasteiger partial charge in [-0.25, -0.2) is 0 Å². The van der Waals surface area contributed by atoms with E-state index in [4.69, 9.17) is 9.47 Å². The van der Waals surface area contributed by atoms with E-state index < -0.39 is 23.8 Å². The van der Waals surface area contributed by atoms with Crippen molar-refractivity contribution in [3.05, 3.63) is 24.8 Å². The molecule has 0 aromatic heterocycles. The summed E-state index contributed by atoms with van der Waals surface area (Å²) >= 11 is 0. The summed E-state index contributed by atoms with van der Waals surface area (Å²) in [5.74, 6) is -2.49. The van der Waals surface area contributed by atoms with Crippen LogP contribution in [0.4, 0.5) is 0 Å². The molecule has 0 aromatic carbocycles. The third kappa shape index (κ3) is 6.22. The lowest BCUT2D eigenvalue weighted by molar-refractivity contribution is -0.162. The van der Waals surface area contributed by atoms with Crippen molar-refractivity contribution in [1.82, 2.24) is 0 Å². The normalized spacial score (nSPS) is 12.4. The molecule has 19 heavy (non-hydrogen) atoms. The predicted octanol–water partition coefficient (Wildman–Crippen LogP) is 2.89. The number of ether oxygens (including phenoxy) is 2. The van der Waals surface area contributed by atoms with Gasteiger partial charge in [-0.05, 0) is 20.3 Å². The fraction of sp³-hybridized carbons (Fsp3) is 0.600. The highest BCUT2D eigenvalue weighted by Gasteiger charge is 2.34. The third-order valence-electron chi connectivity index (χ3n) is 2.55. The molecule has 0 fully saturated rings. The lowest BCUT2D eigenvalue weighted by atomic mass is 9.91. The SMILES string of the molecule is C=CC(/C=C/CCC)C(C(=O)OCC)C(=O)OCC. The van der Waals surface area contributed by atoms with E-state index in [2.05, 4.69) is 13.5 Å². The number of allylic oxidation sites excluding steroid dienone is 3. The standard InChI is InChI=1S/C15H24O4/c1-5-9-10-11-12(6-2)13(14(16)18-7-3)15(17)19-8-4/h6,10-13H,2,5,7-9H2,1,3-4H3/b11-10+. The predicted molar refractivity (Wildman–Crippen MR) is 74.5 cm³/mol. The van der Waals surface area contributed by atoms with Gasteiger partial charge in [0.2, 0.25) is 0 Å². The average molecular weight is 268 g/mol. The molecule has 0 aliphatic heterocycles. The second-order valence-corrected chi connectivity index (χ2v) is 4.01. The lowest BCUT2D eigenvalue weighted by Gasteiger charge is -2.18. The molecule has 0 saturated heterocycles. The highest BCUT2D eigenvalue weighted by molar-refractivity contribution is 5.95. The molecule has 0 amide bonds. The number of hydrogen-bond donors (Lipinski definition) is 0. The molecule has 0 aliphatic carbocycles. The van der Waals surface area contributed by atoms with Crippen molar-refractivity contribution in [2.75, 3.05) is 13.2 Å². The van der Waals surface area contributed by atoms with Crippen LogP contribution in [0.15, 0.2) is 24.8 Å². The Morgan fingerprint density at radius 2 is 1.63 bits per heavy atom. The van der Waals surface area contributed by atoms with Crippen molar-refractivity contribution in [3.63, 3.8) is 0 Å². The van der Waals surface area contributed by atoms with Crippen molar-refractivity contribution >= 4 is 11.9 Å². The maximum Gasteiger partial charge on any atom is 0.321 e. The van der Waals surface area contributed by atoms with Gasteiger partial charge in [-0.3, -0.25) is 9.59 Å². The Morgan fingerprint density at radius 1 is 1.11 bits per heavy atom. The van der Waals surface area contributed by atoms with Gasteiger partial charge < -0.3 is 9.47 Å². The first-order valence-electron chi connectivity index (χ1n) is 6.74. The summed E-state index contributed by atoms with van der Waals surface area (Å²) in [7, 11) is 0. The van der Waals surface area contributed by atoms with Gasteiger partial charge >= 0.3 is 11.9 Å². The Balaban J connectivity index is 5.00. The summed E-state index contributed by atoms with van der Waals surface area (Å²) in [6.07, 6.45) is 7.23. The van der Waals surface area contributed by atoms with Crippen LogP contribution in [-0.2, 0) is 19.1 Å². The van der Waals surface area contributed by atoms with Crippen LogP contribution in [0.5, 0.6) is 0 Å². The van der Waals surface area contributed by atoms with Crippen molar-refractivity contribution < 1.29 is 19.1 Å². The minimum atomic E-state index is -0.967. The molecule has 0 aliphatic rings. The molecule has 1 atom stereocenters. The van der Waals surface area contributed by atoms with Crippen LogP contribution in [0.1, 0.15) is 33.6 Å². The largest absolute Gasteiger partial charge is 0.465 e. The molecule has 0 saturated carbocycles. The smallest absolute Gasteiger partial charge is 0.321 e. The van der Waals surface area contributed by atoms with E-state index in [0.29, 0.717) is 0 Å². The Labute approximate surface area is 115 Å². The van der Waals surface area contributed by atoms with E-state index in [1.54, 1.807) is 19.9 Å². The van der Waals surface area contributed by atoms with Gasteiger partial charge in [0.25, 0.3) is 0 Å². The number of carbonyl (C=O) groups excluding carboxylic acids is 2. The van der Waals surface area contributed by atoms with Crippen LogP contribution in [0.3, 0.4) is 0 Å². The zero-order valence-corrected chi connectivity index (χ0v) is 12.1. The summed E-state index contributed by atoms with van der Waals surface area (Å²) in [5, 5.41) is 0. The van der Waals surface area contributed by atoms with Crippen molar-refractivity contribution in [2.24, 2.45) is 11.8 Å². The van der Waals surface area contributed by atoms with Crippen molar-refractivity contribution in [1.29, 1.82) is 0 Å². The van der Waals surface area contributed by atoms with Crippen LogP contribution >= 0.6 is 0 Å². The van der Waals surface area contributed by atoms with Gasteiger partial charge in [0.15, 0.2) is 5.92 Å². The van der Waals surface area contributed by atoms with Crippen LogP contribution < -0.4 is 0 Å². The molecular weight excluding hydrogens is 244 g/mol. The van der Waals surface area contributed by atoms with E-state index >= 15 is 0 Å². The Hall–Kier alpha value is -1.58. The molecule has 0 radical (unpaired) electrons. The molecule has 4 heteroatoms. The van der Waals surface area contributed by atoms with Crippen molar-refractivity contribution in [2.45, 2.75) is 33.6 Å². The van der Waals surface area contributed by atoms with Crippen LogP contribution in [0.25, 0.3) is 0 Å². The molecule has 1 unspecified atom stereocenters. The number of hydrogen-bond acceptors (Lipinski definition) is 4. The van der Waals surface area contributed by atoms with E-state index in [0.717, 1.165) is 12.8 Å². The fourth-order valence-electron chi connectivity index (χ4n) is 1.62. The maximum absolute atomic E-state index is 11.9. The van der Waals surface area contributed by atoms with Gasteiger partial charge in [-0.2, -0.15) is 0 Å². The van der Waals surface area contributed by atoms with E-state index in [1.807, 2.05) is 12.2 Å². The molecule has 0 N–H and O–H groups in total. The molecule has 0 rings (SSSR count). The Morgan fingerprint density at radius 3 is 2.00 bits per heavy atom. The highest BCUT2D eigenvalue weighted by Crippen LogP contribution is 2.19. The Kier molecular flexibility index (Phi) is 9.49. The van der Waals surface area contributed by atoms with E-state index in [-0.39, 0.29) is 13.2 Å². The number of rotatable bonds is 9. The van der Waals surface area contributed by atoms with Crippen molar-refractivity contribution in [3.8, 4) is 0 Å². The zero-order chi connectivity index (χ0) is 14.7. The van der Waals surface area contributed by atoms with Gasteiger partial charge in [0.05, 0.1) is 13.2 Å². The summed E-state index contributed by atoms with van der Waals surface area (Å²) in [6, 6.07) is 0. The number of carbonyl (C=O) groups is 2. The maximum atomic E-state index is 11.9. The second-order valence-electron chi connectivity index (χ2n) is 4.01. The van der Waals surface area contributed by atoms with Crippen LogP contribution in [-0.4, -0.2) is 25.2 Å². The molecular formula is C15H24O4. The molecule has 0 heterocycles. The summed E-state index contributed by atoms with van der Waals surface area (Å²) in [6.45, 7) is 9.61. The fourth-order valence-corrected chi connectivity index (χ4v) is 1.62. The molecule has 108 valence electrons. The minimum Gasteiger partial charge on any atom is -0.465 e. The quantitative estimate of drug-likeness (QED) is 0.366. The average Bonchev–Trinajstić information content (AvgIpc) is 2.38. The number of unbranched alkanes of at least 4 members (excludes halogenated alkanes) is 1. The first-order chi connectivity index (χ1) is 9.12. The van der Waals surface area contributed by atoms with Crippen LogP contribution in [0, 0.1) is 11.8 Å². The van der Waals surface area contributed by atoms with Gasteiger partial charge in [0.1, 0.15) is 0 Å².